The Hall–Kier alpha value is -2.44. The Morgan fingerprint density at radius 1 is 1.21 bits per heavy atom. The number of benzene rings is 1. The van der Waals surface area contributed by atoms with Crippen LogP contribution in [-0.4, -0.2) is 24.9 Å². The predicted octanol–water partition coefficient (Wildman–Crippen LogP) is 4.04. The number of hydrogen-bond donors (Lipinski definition) is 1. The lowest BCUT2D eigenvalue weighted by molar-refractivity contribution is 0.648. The van der Waals surface area contributed by atoms with E-state index in [0.717, 1.165) is 41.5 Å². The molecule has 0 saturated heterocycles. The quantitative estimate of drug-likeness (QED) is 0.500. The van der Waals surface area contributed by atoms with Crippen LogP contribution in [0.4, 0.5) is 0 Å². The summed E-state index contributed by atoms with van der Waals surface area (Å²) in [7, 11) is 0. The van der Waals surface area contributed by atoms with Crippen LogP contribution in [-0.2, 0) is 6.54 Å². The smallest absolute Gasteiger partial charge is 0.322 e. The van der Waals surface area contributed by atoms with Crippen LogP contribution < -0.4 is 11.2 Å². The van der Waals surface area contributed by atoms with Gasteiger partial charge in [-0.25, -0.2) is 9.78 Å². The van der Waals surface area contributed by atoms with Gasteiger partial charge in [0.15, 0.2) is 11.5 Å². The SMILES string of the molecule is Cc1cc2nc3c(=O)[nH]c(=O)nc-3n(CCCC3=CCC(Cl)C(Cl)=C3)c2cc1C. The van der Waals surface area contributed by atoms with Crippen LogP contribution in [0.15, 0.2) is 44.5 Å². The second-order valence-corrected chi connectivity index (χ2v) is 8.31. The third-order valence-electron chi connectivity index (χ3n) is 5.28. The molecule has 0 radical (unpaired) electrons. The van der Waals surface area contributed by atoms with Crippen LogP contribution in [0.3, 0.4) is 0 Å². The van der Waals surface area contributed by atoms with E-state index in [9.17, 15) is 9.59 Å². The first kappa shape index (κ1) is 19.9. The molecule has 1 aromatic carbocycles. The molecule has 1 aliphatic carbocycles. The summed E-state index contributed by atoms with van der Waals surface area (Å²) in [6.45, 7) is 4.61. The van der Waals surface area contributed by atoms with Gasteiger partial charge in [0.25, 0.3) is 5.56 Å². The molecule has 2 aliphatic heterocycles. The molecule has 0 fully saturated rings. The molecule has 29 heavy (non-hydrogen) atoms. The maximum atomic E-state index is 12.3. The molecule has 0 bridgehead atoms. The fourth-order valence-corrected chi connectivity index (χ4v) is 3.97. The summed E-state index contributed by atoms with van der Waals surface area (Å²) in [5.41, 5.74) is 3.87. The van der Waals surface area contributed by atoms with E-state index in [0.29, 0.717) is 22.9 Å². The molecule has 3 aliphatic rings. The van der Waals surface area contributed by atoms with Crippen LogP contribution in [0.1, 0.15) is 30.4 Å². The molecule has 0 saturated carbocycles. The number of nitrogens with zero attached hydrogens (tertiary/aromatic N) is 3. The first-order valence-electron chi connectivity index (χ1n) is 9.45. The monoisotopic (exact) mass is 430 g/mol. The zero-order valence-electron chi connectivity index (χ0n) is 16.1. The number of halogens is 2. The van der Waals surface area contributed by atoms with E-state index in [-0.39, 0.29) is 11.1 Å². The highest BCUT2D eigenvalue weighted by Crippen LogP contribution is 2.28. The minimum Gasteiger partial charge on any atom is -0.322 e. The first-order valence-corrected chi connectivity index (χ1v) is 10.3. The van der Waals surface area contributed by atoms with Gasteiger partial charge in [-0.2, -0.15) is 4.98 Å². The van der Waals surface area contributed by atoms with Gasteiger partial charge in [0.05, 0.1) is 16.4 Å². The molecule has 1 aromatic rings. The number of nitrogens with one attached hydrogen (secondary N) is 1. The molecule has 1 unspecified atom stereocenters. The highest BCUT2D eigenvalue weighted by atomic mass is 35.5. The Morgan fingerprint density at radius 3 is 2.72 bits per heavy atom. The lowest BCUT2D eigenvalue weighted by Crippen LogP contribution is -2.29. The largest absolute Gasteiger partial charge is 0.349 e. The third-order valence-corrected chi connectivity index (χ3v) is 6.18. The zero-order chi connectivity index (χ0) is 20.7. The molecule has 1 N–H and O–H groups in total. The molecule has 4 rings (SSSR count). The van der Waals surface area contributed by atoms with Crippen molar-refractivity contribution in [1.29, 1.82) is 0 Å². The van der Waals surface area contributed by atoms with E-state index in [1.165, 1.54) is 0 Å². The van der Waals surface area contributed by atoms with Gasteiger partial charge in [0.2, 0.25) is 0 Å². The number of aromatic amines is 1. The van der Waals surface area contributed by atoms with Crippen molar-refractivity contribution >= 4 is 34.2 Å². The summed E-state index contributed by atoms with van der Waals surface area (Å²) in [6, 6.07) is 3.98. The van der Waals surface area contributed by atoms with Crippen molar-refractivity contribution in [1.82, 2.24) is 19.5 Å². The van der Waals surface area contributed by atoms with Crippen molar-refractivity contribution in [3.63, 3.8) is 0 Å². The second kappa shape index (κ2) is 7.76. The summed E-state index contributed by atoms with van der Waals surface area (Å²) in [4.78, 5) is 34.9. The second-order valence-electron chi connectivity index (χ2n) is 7.35. The molecule has 1 atom stereocenters. The number of aromatic nitrogens is 4. The molecule has 0 amide bonds. The summed E-state index contributed by atoms with van der Waals surface area (Å²) >= 11 is 12.3. The maximum absolute atomic E-state index is 12.3. The standard InChI is InChI=1S/C21H20Cl2N4O2/c1-11-8-16-17(9-12(11)2)27(19-18(24-16)20(28)26-21(29)25-19)7-3-4-13-5-6-14(22)15(23)10-13/h5,8-10,14H,3-4,6-7H2,1-2H3,(H,26,28,29). The van der Waals surface area contributed by atoms with Crippen LogP contribution in [0.25, 0.3) is 22.6 Å². The number of hydrogen-bond acceptors (Lipinski definition) is 4. The minimum absolute atomic E-state index is 0.152. The maximum Gasteiger partial charge on any atom is 0.349 e. The highest BCUT2D eigenvalue weighted by Gasteiger charge is 2.19. The Balaban J connectivity index is 1.76. The van der Waals surface area contributed by atoms with Crippen LogP contribution in [0.5, 0.6) is 0 Å². The number of aryl methyl sites for hydroxylation is 3. The van der Waals surface area contributed by atoms with E-state index in [1.807, 2.05) is 36.6 Å². The van der Waals surface area contributed by atoms with Crippen molar-refractivity contribution in [2.45, 2.75) is 45.0 Å². The number of fused-ring (bicyclic) bond motifs is 2. The average Bonchev–Trinajstić information content (AvgIpc) is 2.66. The van der Waals surface area contributed by atoms with E-state index >= 15 is 0 Å². The lowest BCUT2D eigenvalue weighted by Gasteiger charge is -2.18. The molecule has 6 nitrogen and oxygen atoms in total. The first-order chi connectivity index (χ1) is 13.8. The molecule has 0 spiro atoms. The normalized spacial score (nSPS) is 16.9. The van der Waals surface area contributed by atoms with Gasteiger partial charge in [0, 0.05) is 11.6 Å². The van der Waals surface area contributed by atoms with Gasteiger partial charge in [-0.05, 0) is 62.4 Å². The van der Waals surface area contributed by atoms with Gasteiger partial charge < -0.3 is 4.57 Å². The Labute approximate surface area is 177 Å². The van der Waals surface area contributed by atoms with Crippen LogP contribution in [0.2, 0.25) is 0 Å². The topological polar surface area (TPSA) is 80.6 Å². The average molecular weight is 431 g/mol. The van der Waals surface area contributed by atoms with Crippen molar-refractivity contribution in [3.8, 4) is 11.5 Å². The molecule has 150 valence electrons. The van der Waals surface area contributed by atoms with E-state index in [2.05, 4.69) is 21.0 Å². The number of H-pyrrole nitrogens is 1. The van der Waals surface area contributed by atoms with Crippen molar-refractivity contribution < 1.29 is 0 Å². The Morgan fingerprint density at radius 2 is 1.97 bits per heavy atom. The zero-order valence-corrected chi connectivity index (χ0v) is 17.6. The lowest BCUT2D eigenvalue weighted by atomic mass is 10.0. The summed E-state index contributed by atoms with van der Waals surface area (Å²) < 4.78 is 1.92. The fourth-order valence-electron chi connectivity index (χ4n) is 3.59. The summed E-state index contributed by atoms with van der Waals surface area (Å²) in [5, 5.41) is 0.507. The molecule has 0 aromatic heterocycles. The van der Waals surface area contributed by atoms with E-state index in [1.54, 1.807) is 0 Å². The van der Waals surface area contributed by atoms with Crippen LogP contribution in [0, 0.1) is 13.8 Å². The van der Waals surface area contributed by atoms with E-state index in [4.69, 9.17) is 23.2 Å². The Bertz CT molecular complexity index is 1260. The van der Waals surface area contributed by atoms with Crippen LogP contribution >= 0.6 is 23.2 Å². The molecule has 2 heterocycles. The minimum atomic E-state index is -0.668. The summed E-state index contributed by atoms with van der Waals surface area (Å²) in [6.07, 6.45) is 6.32. The number of allylic oxidation sites excluding steroid dienone is 4. The van der Waals surface area contributed by atoms with Gasteiger partial charge in [0.1, 0.15) is 0 Å². The highest BCUT2D eigenvalue weighted by molar-refractivity contribution is 6.37. The number of rotatable bonds is 4. The van der Waals surface area contributed by atoms with Crippen molar-refractivity contribution in [2.24, 2.45) is 0 Å². The summed E-state index contributed by atoms with van der Waals surface area (Å²) in [5.74, 6) is 0.307. The third kappa shape index (κ3) is 3.87. The van der Waals surface area contributed by atoms with Crippen molar-refractivity contribution in [3.05, 3.63) is 66.9 Å². The molecular formula is C21H20Cl2N4O2. The van der Waals surface area contributed by atoms with Crippen molar-refractivity contribution in [2.75, 3.05) is 0 Å². The van der Waals surface area contributed by atoms with Gasteiger partial charge >= 0.3 is 5.69 Å². The Kier molecular flexibility index (Phi) is 5.32. The molecule has 8 heteroatoms. The predicted molar refractivity (Wildman–Crippen MR) is 116 cm³/mol. The van der Waals surface area contributed by atoms with Gasteiger partial charge in [-0.15, -0.1) is 11.6 Å². The number of alkyl halides is 1. The molecular weight excluding hydrogens is 411 g/mol. The van der Waals surface area contributed by atoms with Gasteiger partial charge in [-0.3, -0.25) is 9.78 Å². The van der Waals surface area contributed by atoms with Gasteiger partial charge in [-0.1, -0.05) is 23.3 Å². The van der Waals surface area contributed by atoms with E-state index < -0.39 is 11.2 Å². The fraction of sp³-hybridized carbons (Fsp3) is 0.333.